The molecule has 1 saturated carbocycles. The summed E-state index contributed by atoms with van der Waals surface area (Å²) in [6.07, 6.45) is 11.3. The second-order valence-electron chi connectivity index (χ2n) is 6.27. The Hall–Kier alpha value is -0.0800. The number of nitrogens with zero attached hydrogens (tertiary/aromatic N) is 1. The number of hydrogen-bond donors (Lipinski definition) is 1. The molecule has 0 amide bonds. The number of likely N-dealkylation sites (tertiary alicyclic amines) is 1. The smallest absolute Gasteiger partial charge is 0.0246 e. The van der Waals surface area contributed by atoms with E-state index in [4.69, 9.17) is 5.73 Å². The molecule has 0 aromatic heterocycles. The van der Waals surface area contributed by atoms with Crippen LogP contribution < -0.4 is 5.73 Å². The highest BCUT2D eigenvalue weighted by molar-refractivity contribution is 4.84. The molecule has 2 N–H and O–H groups in total. The maximum Gasteiger partial charge on any atom is 0.0246 e. The molecule has 2 aliphatic rings. The maximum atomic E-state index is 6.08. The molecule has 17 heavy (non-hydrogen) atoms. The topological polar surface area (TPSA) is 29.3 Å². The fourth-order valence-corrected chi connectivity index (χ4v) is 3.74. The van der Waals surface area contributed by atoms with Crippen molar-refractivity contribution in [1.82, 2.24) is 4.90 Å². The molecule has 0 spiro atoms. The van der Waals surface area contributed by atoms with Gasteiger partial charge in [0, 0.05) is 12.6 Å². The van der Waals surface area contributed by atoms with Gasteiger partial charge in [0.2, 0.25) is 0 Å². The largest absolute Gasteiger partial charge is 0.329 e. The number of nitrogens with two attached hydrogens (primary N) is 1. The lowest BCUT2D eigenvalue weighted by Crippen LogP contribution is -2.47. The van der Waals surface area contributed by atoms with Gasteiger partial charge in [-0.2, -0.15) is 0 Å². The fraction of sp³-hybridized carbons (Fsp3) is 1.00. The van der Waals surface area contributed by atoms with Crippen LogP contribution in [-0.4, -0.2) is 30.6 Å². The van der Waals surface area contributed by atoms with Crippen molar-refractivity contribution in [3.05, 3.63) is 0 Å². The summed E-state index contributed by atoms with van der Waals surface area (Å²) in [6, 6.07) is 0.681. The van der Waals surface area contributed by atoms with Crippen LogP contribution in [0.1, 0.15) is 58.3 Å². The summed E-state index contributed by atoms with van der Waals surface area (Å²) in [5.74, 6) is 1.84. The van der Waals surface area contributed by atoms with Crippen molar-refractivity contribution in [2.45, 2.75) is 64.3 Å². The Kier molecular flexibility index (Phi) is 5.30. The molecule has 2 heteroatoms. The zero-order valence-electron chi connectivity index (χ0n) is 11.5. The first-order valence-corrected chi connectivity index (χ1v) is 7.75. The van der Waals surface area contributed by atoms with Crippen LogP contribution in [0.5, 0.6) is 0 Å². The summed E-state index contributed by atoms with van der Waals surface area (Å²) in [7, 11) is 0. The molecule has 1 aliphatic carbocycles. The van der Waals surface area contributed by atoms with Crippen LogP contribution >= 0.6 is 0 Å². The van der Waals surface area contributed by atoms with Crippen LogP contribution in [0.3, 0.4) is 0 Å². The highest BCUT2D eigenvalue weighted by atomic mass is 15.2. The molecule has 0 radical (unpaired) electrons. The van der Waals surface area contributed by atoms with E-state index in [1.54, 1.807) is 0 Å². The van der Waals surface area contributed by atoms with Gasteiger partial charge in [-0.1, -0.05) is 32.6 Å². The van der Waals surface area contributed by atoms with Gasteiger partial charge in [0.25, 0.3) is 0 Å². The zero-order chi connectivity index (χ0) is 12.1. The van der Waals surface area contributed by atoms with E-state index in [1.165, 1.54) is 64.5 Å². The van der Waals surface area contributed by atoms with Crippen LogP contribution in [0.4, 0.5) is 0 Å². The maximum absolute atomic E-state index is 6.08. The standard InChI is InChI=1S/C15H30N2/c1-13-6-8-14(9-7-13)15(12-16)17-10-4-2-3-5-11-17/h13-15H,2-12,16H2,1H3. The Morgan fingerprint density at radius 2 is 1.59 bits per heavy atom. The van der Waals surface area contributed by atoms with Gasteiger partial charge < -0.3 is 5.73 Å². The molecule has 1 heterocycles. The fourth-order valence-electron chi connectivity index (χ4n) is 3.74. The SMILES string of the molecule is CC1CCC(C(CN)N2CCCCCC2)CC1. The van der Waals surface area contributed by atoms with E-state index in [1.807, 2.05) is 0 Å². The minimum atomic E-state index is 0.681. The van der Waals surface area contributed by atoms with Crippen molar-refractivity contribution in [3.8, 4) is 0 Å². The van der Waals surface area contributed by atoms with Gasteiger partial charge in [0.15, 0.2) is 0 Å². The van der Waals surface area contributed by atoms with Crippen molar-refractivity contribution in [2.24, 2.45) is 17.6 Å². The van der Waals surface area contributed by atoms with Gasteiger partial charge in [0.05, 0.1) is 0 Å². The van der Waals surface area contributed by atoms with Gasteiger partial charge in [0.1, 0.15) is 0 Å². The van der Waals surface area contributed by atoms with Crippen LogP contribution in [-0.2, 0) is 0 Å². The molecule has 2 nitrogen and oxygen atoms in total. The quantitative estimate of drug-likeness (QED) is 0.819. The molecule has 100 valence electrons. The summed E-state index contributed by atoms with van der Waals surface area (Å²) in [5.41, 5.74) is 6.08. The van der Waals surface area contributed by atoms with E-state index in [9.17, 15) is 0 Å². The van der Waals surface area contributed by atoms with Gasteiger partial charge in [-0.3, -0.25) is 4.90 Å². The minimum Gasteiger partial charge on any atom is -0.329 e. The zero-order valence-corrected chi connectivity index (χ0v) is 11.5. The van der Waals surface area contributed by atoms with E-state index in [0.29, 0.717) is 6.04 Å². The monoisotopic (exact) mass is 238 g/mol. The van der Waals surface area contributed by atoms with Gasteiger partial charge in [-0.05, 0) is 50.6 Å². The minimum absolute atomic E-state index is 0.681. The molecule has 0 aromatic rings. The van der Waals surface area contributed by atoms with Crippen molar-refractivity contribution < 1.29 is 0 Å². The Bertz CT molecular complexity index is 201. The van der Waals surface area contributed by atoms with Crippen molar-refractivity contribution >= 4 is 0 Å². The highest BCUT2D eigenvalue weighted by Crippen LogP contribution is 2.32. The molecule has 1 saturated heterocycles. The lowest BCUT2D eigenvalue weighted by Gasteiger charge is -2.39. The summed E-state index contributed by atoms with van der Waals surface area (Å²) >= 11 is 0. The van der Waals surface area contributed by atoms with Gasteiger partial charge >= 0.3 is 0 Å². The van der Waals surface area contributed by atoms with Gasteiger partial charge in [-0.25, -0.2) is 0 Å². The Labute approximate surface area is 107 Å². The first-order valence-electron chi connectivity index (χ1n) is 7.75. The third-order valence-corrected chi connectivity index (χ3v) is 4.96. The first-order chi connectivity index (χ1) is 8.31. The van der Waals surface area contributed by atoms with Gasteiger partial charge in [-0.15, -0.1) is 0 Å². The van der Waals surface area contributed by atoms with E-state index in [2.05, 4.69) is 11.8 Å². The predicted octanol–water partition coefficient (Wildman–Crippen LogP) is 3.02. The third kappa shape index (κ3) is 3.69. The molecule has 0 bridgehead atoms. The molecular weight excluding hydrogens is 208 g/mol. The Morgan fingerprint density at radius 1 is 1.00 bits per heavy atom. The van der Waals surface area contributed by atoms with E-state index >= 15 is 0 Å². The Morgan fingerprint density at radius 3 is 2.12 bits per heavy atom. The lowest BCUT2D eigenvalue weighted by atomic mass is 9.78. The third-order valence-electron chi connectivity index (χ3n) is 4.96. The molecule has 1 aliphatic heterocycles. The van der Waals surface area contributed by atoms with E-state index in [0.717, 1.165) is 18.4 Å². The molecular formula is C15H30N2. The van der Waals surface area contributed by atoms with Crippen LogP contribution in [0.2, 0.25) is 0 Å². The van der Waals surface area contributed by atoms with Crippen LogP contribution in [0.15, 0.2) is 0 Å². The summed E-state index contributed by atoms with van der Waals surface area (Å²) < 4.78 is 0. The second-order valence-corrected chi connectivity index (χ2v) is 6.27. The average molecular weight is 238 g/mol. The average Bonchev–Trinajstić information content (AvgIpc) is 2.62. The van der Waals surface area contributed by atoms with Crippen molar-refractivity contribution in [3.63, 3.8) is 0 Å². The van der Waals surface area contributed by atoms with E-state index < -0.39 is 0 Å². The summed E-state index contributed by atoms with van der Waals surface area (Å²) in [5, 5.41) is 0. The van der Waals surface area contributed by atoms with Crippen molar-refractivity contribution in [2.75, 3.05) is 19.6 Å². The summed E-state index contributed by atoms with van der Waals surface area (Å²) in [4.78, 5) is 2.72. The molecule has 1 atom stereocenters. The lowest BCUT2D eigenvalue weighted by molar-refractivity contribution is 0.115. The van der Waals surface area contributed by atoms with E-state index in [-0.39, 0.29) is 0 Å². The molecule has 1 unspecified atom stereocenters. The second kappa shape index (κ2) is 6.75. The normalized spacial score (nSPS) is 34.2. The van der Waals surface area contributed by atoms with Crippen molar-refractivity contribution in [1.29, 1.82) is 0 Å². The number of rotatable bonds is 3. The summed E-state index contributed by atoms with van der Waals surface area (Å²) in [6.45, 7) is 5.88. The predicted molar refractivity (Wildman–Crippen MR) is 74.0 cm³/mol. The number of hydrogen-bond acceptors (Lipinski definition) is 2. The Balaban J connectivity index is 1.89. The van der Waals surface area contributed by atoms with Crippen LogP contribution in [0, 0.1) is 11.8 Å². The van der Waals surface area contributed by atoms with Crippen LogP contribution in [0.25, 0.3) is 0 Å². The molecule has 0 aromatic carbocycles. The molecule has 2 fully saturated rings. The highest BCUT2D eigenvalue weighted by Gasteiger charge is 2.29. The molecule has 2 rings (SSSR count). The first kappa shape index (κ1) is 13.4.